The van der Waals surface area contributed by atoms with Crippen LogP contribution in [0.3, 0.4) is 0 Å². The van der Waals surface area contributed by atoms with Gasteiger partial charge in [0.05, 0.1) is 26.4 Å². The Morgan fingerprint density at radius 2 is 0.542 bits per heavy atom. The Morgan fingerprint density at radius 1 is 0.302 bits per heavy atom. The highest BCUT2D eigenvalue weighted by Crippen LogP contribution is 2.45. The van der Waals surface area contributed by atoms with Crippen molar-refractivity contribution < 1.29 is 80.2 Å². The Labute approximate surface area is 579 Å². The van der Waals surface area contributed by atoms with Crippen LogP contribution in [0.4, 0.5) is 0 Å². The van der Waals surface area contributed by atoms with Gasteiger partial charge in [-0.1, -0.05) is 225 Å². The van der Waals surface area contributed by atoms with Crippen LogP contribution in [-0.4, -0.2) is 96.7 Å². The molecule has 0 fully saturated rings. The van der Waals surface area contributed by atoms with E-state index in [0.717, 1.165) is 161 Å². The third kappa shape index (κ3) is 67.5. The number of carbonyl (C=O) groups is 4. The molecule has 0 aliphatic heterocycles. The van der Waals surface area contributed by atoms with Crippen molar-refractivity contribution in [3.63, 3.8) is 0 Å². The molecular formula is C77H126O17P2. The SMILES string of the molecule is CC/C=C\C/C=C\C/C=C\C/C=C\CCCCC(=O)OCC(COP(=O)(O)OCC(O)COP(=O)(O)OCC(COC(=O)CCCCCCC/C=C\C/C=C\C/C=C\CC)OC(=O)CCCCCCC/C=C\CCCC)OC(=O)CCCC/C=C\C/C=C\C/C=C\C/C=C\CC. The van der Waals surface area contributed by atoms with Crippen LogP contribution < -0.4 is 0 Å². The third-order valence-corrected chi connectivity index (χ3v) is 16.2. The zero-order chi connectivity index (χ0) is 70.4. The molecule has 0 amide bonds. The van der Waals surface area contributed by atoms with Gasteiger partial charge >= 0.3 is 39.5 Å². The predicted molar refractivity (Wildman–Crippen MR) is 390 cm³/mol. The summed E-state index contributed by atoms with van der Waals surface area (Å²) in [4.78, 5) is 72.6. The first-order valence-corrected chi connectivity index (χ1v) is 39.1. The average molecular weight is 1390 g/mol. The van der Waals surface area contributed by atoms with Crippen molar-refractivity contribution >= 4 is 39.5 Å². The van der Waals surface area contributed by atoms with E-state index >= 15 is 0 Å². The van der Waals surface area contributed by atoms with Crippen molar-refractivity contribution in [2.45, 2.75) is 277 Å². The molecule has 0 saturated heterocycles. The van der Waals surface area contributed by atoms with Gasteiger partial charge in [-0.15, -0.1) is 0 Å². The fourth-order valence-electron chi connectivity index (χ4n) is 8.84. The summed E-state index contributed by atoms with van der Waals surface area (Å²) in [6, 6.07) is 0. The molecule has 19 heteroatoms. The third-order valence-electron chi connectivity index (χ3n) is 14.3. The molecule has 5 atom stereocenters. The summed E-state index contributed by atoms with van der Waals surface area (Å²) in [6.45, 7) is 4.32. The first kappa shape index (κ1) is 90.9. The molecule has 0 aliphatic rings. The van der Waals surface area contributed by atoms with Crippen molar-refractivity contribution in [3.05, 3.63) is 146 Å². The average Bonchev–Trinajstić information content (AvgIpc) is 1.09. The van der Waals surface area contributed by atoms with Gasteiger partial charge in [-0.05, 0) is 154 Å². The van der Waals surface area contributed by atoms with E-state index in [4.69, 9.17) is 37.0 Å². The molecule has 96 heavy (non-hydrogen) atoms. The molecule has 0 saturated carbocycles. The van der Waals surface area contributed by atoms with E-state index < -0.39 is 97.5 Å². The molecule has 0 heterocycles. The minimum Gasteiger partial charge on any atom is -0.462 e. The van der Waals surface area contributed by atoms with Crippen molar-refractivity contribution in [1.29, 1.82) is 0 Å². The molecule has 5 unspecified atom stereocenters. The van der Waals surface area contributed by atoms with Gasteiger partial charge < -0.3 is 33.8 Å². The van der Waals surface area contributed by atoms with E-state index in [9.17, 15) is 43.2 Å². The number of hydrogen-bond donors (Lipinski definition) is 3. The molecule has 0 aromatic rings. The lowest BCUT2D eigenvalue weighted by atomic mass is 10.1. The van der Waals surface area contributed by atoms with Crippen LogP contribution in [0.1, 0.15) is 259 Å². The van der Waals surface area contributed by atoms with Crippen LogP contribution in [-0.2, 0) is 65.4 Å². The fourth-order valence-corrected chi connectivity index (χ4v) is 10.4. The normalized spacial score (nSPS) is 14.9. The highest BCUT2D eigenvalue weighted by Gasteiger charge is 2.30. The largest absolute Gasteiger partial charge is 0.472 e. The second kappa shape index (κ2) is 68.5. The van der Waals surface area contributed by atoms with E-state index in [-0.39, 0.29) is 25.7 Å². The van der Waals surface area contributed by atoms with Gasteiger partial charge in [0.15, 0.2) is 12.2 Å². The van der Waals surface area contributed by atoms with Gasteiger partial charge in [-0.2, -0.15) is 0 Å². The first-order valence-electron chi connectivity index (χ1n) is 36.1. The second-order valence-electron chi connectivity index (χ2n) is 23.4. The first-order chi connectivity index (χ1) is 46.7. The molecule has 0 aliphatic carbocycles. The fraction of sp³-hybridized carbons (Fsp3) is 0.636. The molecule has 17 nitrogen and oxygen atoms in total. The number of rotatable bonds is 66. The molecule has 0 aromatic heterocycles. The van der Waals surface area contributed by atoms with Gasteiger partial charge in [-0.25, -0.2) is 9.13 Å². The van der Waals surface area contributed by atoms with Gasteiger partial charge in [0.1, 0.15) is 19.3 Å². The Bertz CT molecular complexity index is 2400. The molecule has 546 valence electrons. The van der Waals surface area contributed by atoms with Crippen molar-refractivity contribution in [2.24, 2.45) is 0 Å². The lowest BCUT2D eigenvalue weighted by Crippen LogP contribution is -2.30. The maximum atomic E-state index is 13.0. The van der Waals surface area contributed by atoms with Gasteiger partial charge in [-0.3, -0.25) is 37.3 Å². The number of esters is 4. The molecule has 0 aromatic carbocycles. The number of aliphatic hydroxyl groups is 1. The van der Waals surface area contributed by atoms with E-state index in [2.05, 4.69) is 174 Å². The summed E-state index contributed by atoms with van der Waals surface area (Å²) in [5.41, 5.74) is 0. The standard InChI is InChI=1S/C77H126O17P2/c1-5-9-13-17-21-25-29-32-35-38-42-45-49-53-57-61-74(79)87-67-72(93-76(81)63-59-55-51-47-41-28-24-20-16-12-8-4)69-91-95(83,84)89-65-71(78)66-90-96(85,86)92-70-73(94-77(82)64-60-56-52-48-44-40-37-34-31-27-23-19-15-11-7-3)68-88-75(80)62-58-54-50-46-43-39-36-33-30-26-22-18-14-10-6-2/h9-11,13-15,20-27,32-37,43-44,46,48,71-73,78H,5-8,12,16-19,28-31,38-42,45,47,49-70H2,1-4H3,(H,83,84)(H,85,86)/b13-9-,14-10-,15-11-,24-20-,25-21-,26-22-,27-23-,35-32-,36-33-,37-34-,46-43-,48-44-. The number of hydrogen-bond acceptors (Lipinski definition) is 15. The number of aliphatic hydroxyl groups excluding tert-OH is 1. The minimum absolute atomic E-state index is 0.0285. The van der Waals surface area contributed by atoms with Crippen molar-refractivity contribution in [3.8, 4) is 0 Å². The second-order valence-corrected chi connectivity index (χ2v) is 26.3. The van der Waals surface area contributed by atoms with Crippen LogP contribution in [0.15, 0.2) is 146 Å². The lowest BCUT2D eigenvalue weighted by molar-refractivity contribution is -0.161. The van der Waals surface area contributed by atoms with Crippen LogP contribution >= 0.6 is 15.6 Å². The summed E-state index contributed by atoms with van der Waals surface area (Å²) >= 11 is 0. The number of allylic oxidation sites excluding steroid dienone is 24. The van der Waals surface area contributed by atoms with Gasteiger partial charge in [0.25, 0.3) is 0 Å². The quantitative estimate of drug-likeness (QED) is 0.0169. The van der Waals surface area contributed by atoms with Gasteiger partial charge in [0.2, 0.25) is 0 Å². The summed E-state index contributed by atoms with van der Waals surface area (Å²) in [5.74, 6) is -2.31. The van der Waals surface area contributed by atoms with Crippen LogP contribution in [0.25, 0.3) is 0 Å². The zero-order valence-electron chi connectivity index (χ0n) is 59.2. The number of phosphoric acid groups is 2. The van der Waals surface area contributed by atoms with Crippen LogP contribution in [0, 0.1) is 0 Å². The van der Waals surface area contributed by atoms with Crippen molar-refractivity contribution in [1.82, 2.24) is 0 Å². The molecule has 0 radical (unpaired) electrons. The molecule has 0 rings (SSSR count). The highest BCUT2D eigenvalue weighted by atomic mass is 31.2. The van der Waals surface area contributed by atoms with E-state index in [1.807, 2.05) is 0 Å². The maximum absolute atomic E-state index is 13.0. The number of unbranched alkanes of at least 4 members (excludes halogenated alkanes) is 16. The van der Waals surface area contributed by atoms with Crippen LogP contribution in [0.2, 0.25) is 0 Å². The Hall–Kier alpha value is -5.06. The van der Waals surface area contributed by atoms with Gasteiger partial charge in [0, 0.05) is 25.7 Å². The Kier molecular flexibility index (Phi) is 64.9. The smallest absolute Gasteiger partial charge is 0.462 e. The Balaban J connectivity index is 5.43. The Morgan fingerprint density at radius 3 is 0.865 bits per heavy atom. The molecule has 0 bridgehead atoms. The van der Waals surface area contributed by atoms with E-state index in [0.29, 0.717) is 32.1 Å². The topological polar surface area (TPSA) is 237 Å². The van der Waals surface area contributed by atoms with E-state index in [1.54, 1.807) is 0 Å². The highest BCUT2D eigenvalue weighted by molar-refractivity contribution is 7.47. The molecule has 3 N–H and O–H groups in total. The maximum Gasteiger partial charge on any atom is 0.472 e. The minimum atomic E-state index is -5.00. The number of ether oxygens (including phenoxy) is 4. The van der Waals surface area contributed by atoms with E-state index in [1.165, 1.54) is 12.8 Å². The molecule has 0 spiro atoms. The number of phosphoric ester groups is 2. The van der Waals surface area contributed by atoms with Crippen molar-refractivity contribution in [2.75, 3.05) is 39.6 Å². The summed E-state index contributed by atoms with van der Waals surface area (Å²) in [7, 11) is -9.98. The summed E-state index contributed by atoms with van der Waals surface area (Å²) in [6.07, 6.45) is 75.8. The van der Waals surface area contributed by atoms with Crippen LogP contribution in [0.5, 0.6) is 0 Å². The number of carbonyl (C=O) groups excluding carboxylic acids is 4. The summed E-state index contributed by atoms with van der Waals surface area (Å²) in [5, 5.41) is 10.6. The monoisotopic (exact) mass is 1380 g/mol. The summed E-state index contributed by atoms with van der Waals surface area (Å²) < 4.78 is 68.2. The molecular weight excluding hydrogens is 1260 g/mol. The zero-order valence-corrected chi connectivity index (χ0v) is 61.0. The lowest BCUT2D eigenvalue weighted by Gasteiger charge is -2.21. The predicted octanol–water partition coefficient (Wildman–Crippen LogP) is 20.3.